The molecule has 0 aliphatic rings. The zero-order valence-electron chi connectivity index (χ0n) is 12.6. The number of carbonyl (C=O) groups is 1. The second kappa shape index (κ2) is 6.86. The monoisotopic (exact) mass is 347 g/mol. The number of nitrogens with one attached hydrogen (secondary N) is 1. The standard InChI is InChI=1S/C14H11F2N7O2/c15-8-1-3-10(11(16)5-8)12-4-2-9(25-12)6-18-19-13(24)7-23-14(17)20-21-22-23/h1-6H,7H2,(H,19,24)(H2,17,20,22)/b18-6-. The maximum atomic E-state index is 13.7. The van der Waals surface area contributed by atoms with E-state index in [1.165, 1.54) is 24.4 Å². The normalized spacial score (nSPS) is 11.1. The van der Waals surface area contributed by atoms with Crippen LogP contribution in [0.2, 0.25) is 0 Å². The maximum Gasteiger partial charge on any atom is 0.261 e. The molecule has 2 aromatic heterocycles. The van der Waals surface area contributed by atoms with Crippen molar-refractivity contribution in [2.45, 2.75) is 6.54 Å². The number of nitrogen functional groups attached to an aromatic ring is 1. The van der Waals surface area contributed by atoms with E-state index in [-0.39, 0.29) is 29.6 Å². The molecule has 0 aliphatic heterocycles. The molecule has 25 heavy (non-hydrogen) atoms. The van der Waals surface area contributed by atoms with Crippen LogP contribution in [0, 0.1) is 11.6 Å². The molecule has 1 amide bonds. The van der Waals surface area contributed by atoms with Gasteiger partial charge >= 0.3 is 0 Å². The molecule has 0 unspecified atom stereocenters. The number of benzene rings is 1. The number of amides is 1. The Bertz CT molecular complexity index is 935. The van der Waals surface area contributed by atoms with Crippen LogP contribution in [-0.4, -0.2) is 32.3 Å². The molecule has 0 fully saturated rings. The summed E-state index contributed by atoms with van der Waals surface area (Å²) in [5.41, 5.74) is 7.78. The topological polar surface area (TPSA) is 124 Å². The Kier molecular flexibility index (Phi) is 4.46. The first-order valence-electron chi connectivity index (χ1n) is 6.92. The first-order chi connectivity index (χ1) is 12.0. The molecule has 3 N–H and O–H groups in total. The Labute approximate surface area is 139 Å². The Morgan fingerprint density at radius 3 is 2.92 bits per heavy atom. The van der Waals surface area contributed by atoms with Crippen molar-refractivity contribution < 1.29 is 18.0 Å². The minimum absolute atomic E-state index is 0.00358. The zero-order valence-corrected chi connectivity index (χ0v) is 12.6. The fraction of sp³-hybridized carbons (Fsp3) is 0.0714. The molecule has 3 aromatic rings. The van der Waals surface area contributed by atoms with Gasteiger partial charge in [-0.1, -0.05) is 5.10 Å². The molecule has 128 valence electrons. The number of tetrazole rings is 1. The molecule has 3 rings (SSSR count). The maximum absolute atomic E-state index is 13.7. The van der Waals surface area contributed by atoms with E-state index in [4.69, 9.17) is 10.2 Å². The predicted octanol–water partition coefficient (Wildman–Crippen LogP) is 0.944. The van der Waals surface area contributed by atoms with E-state index in [1.54, 1.807) is 0 Å². The van der Waals surface area contributed by atoms with Crippen molar-refractivity contribution in [1.82, 2.24) is 25.6 Å². The first-order valence-corrected chi connectivity index (χ1v) is 6.92. The lowest BCUT2D eigenvalue weighted by Crippen LogP contribution is -2.24. The van der Waals surface area contributed by atoms with E-state index in [0.717, 1.165) is 16.8 Å². The van der Waals surface area contributed by atoms with Gasteiger partial charge in [-0.05, 0) is 34.7 Å². The van der Waals surface area contributed by atoms with Crippen LogP contribution in [0.1, 0.15) is 5.76 Å². The van der Waals surface area contributed by atoms with Gasteiger partial charge in [-0.15, -0.1) is 0 Å². The Hall–Kier alpha value is -3.63. The largest absolute Gasteiger partial charge is 0.455 e. The second-order valence-electron chi connectivity index (χ2n) is 4.81. The van der Waals surface area contributed by atoms with Crippen molar-refractivity contribution in [3.05, 3.63) is 47.7 Å². The van der Waals surface area contributed by atoms with Gasteiger partial charge in [-0.2, -0.15) is 5.10 Å². The molecule has 0 atom stereocenters. The molecule has 0 bridgehead atoms. The number of nitrogens with two attached hydrogens (primary N) is 1. The number of hydrogen-bond acceptors (Lipinski definition) is 7. The van der Waals surface area contributed by atoms with Crippen LogP contribution in [-0.2, 0) is 11.3 Å². The summed E-state index contributed by atoms with van der Waals surface area (Å²) < 4.78 is 33.1. The average Bonchev–Trinajstić information content (AvgIpc) is 3.17. The average molecular weight is 347 g/mol. The minimum atomic E-state index is -0.745. The molecule has 0 radical (unpaired) electrons. The van der Waals surface area contributed by atoms with Crippen LogP contribution in [0.4, 0.5) is 14.7 Å². The van der Waals surface area contributed by atoms with Crippen molar-refractivity contribution in [1.29, 1.82) is 0 Å². The smallest absolute Gasteiger partial charge is 0.261 e. The predicted molar refractivity (Wildman–Crippen MR) is 82.0 cm³/mol. The third-order valence-electron chi connectivity index (χ3n) is 3.06. The van der Waals surface area contributed by atoms with Crippen LogP contribution >= 0.6 is 0 Å². The molecule has 1 aromatic carbocycles. The summed E-state index contributed by atoms with van der Waals surface area (Å²) in [6.07, 6.45) is 1.23. The van der Waals surface area contributed by atoms with Crippen LogP contribution in [0.5, 0.6) is 0 Å². The fourth-order valence-corrected chi connectivity index (χ4v) is 1.92. The lowest BCUT2D eigenvalue weighted by molar-refractivity contribution is -0.121. The second-order valence-corrected chi connectivity index (χ2v) is 4.81. The number of aromatic nitrogens is 4. The SMILES string of the molecule is Nc1nnnn1CC(=O)N/N=C\c1ccc(-c2ccc(F)cc2F)o1. The Balaban J connectivity index is 1.62. The molecule has 9 nitrogen and oxygen atoms in total. The molecule has 0 spiro atoms. The van der Waals surface area contributed by atoms with Gasteiger partial charge in [0, 0.05) is 6.07 Å². The van der Waals surface area contributed by atoms with Gasteiger partial charge in [0.2, 0.25) is 5.95 Å². The van der Waals surface area contributed by atoms with Crippen molar-refractivity contribution >= 4 is 18.1 Å². The van der Waals surface area contributed by atoms with Crippen LogP contribution < -0.4 is 11.2 Å². The number of halogens is 2. The van der Waals surface area contributed by atoms with Gasteiger partial charge in [0.15, 0.2) is 0 Å². The van der Waals surface area contributed by atoms with Crippen molar-refractivity contribution in [3.63, 3.8) is 0 Å². The number of carbonyl (C=O) groups excluding carboxylic acids is 1. The highest BCUT2D eigenvalue weighted by Crippen LogP contribution is 2.25. The molecule has 0 saturated heterocycles. The lowest BCUT2D eigenvalue weighted by Gasteiger charge is -2.00. The summed E-state index contributed by atoms with van der Waals surface area (Å²) in [7, 11) is 0. The summed E-state index contributed by atoms with van der Waals surface area (Å²) in [5.74, 6) is -1.47. The highest BCUT2D eigenvalue weighted by atomic mass is 19.1. The summed E-state index contributed by atoms with van der Waals surface area (Å²) in [6, 6.07) is 6.17. The van der Waals surface area contributed by atoms with E-state index in [1.807, 2.05) is 0 Å². The molecular weight excluding hydrogens is 336 g/mol. The van der Waals surface area contributed by atoms with Gasteiger partial charge < -0.3 is 10.2 Å². The highest BCUT2D eigenvalue weighted by molar-refractivity contribution is 5.81. The number of hydrazone groups is 1. The number of hydrogen-bond donors (Lipinski definition) is 2. The Morgan fingerprint density at radius 1 is 1.36 bits per heavy atom. The minimum Gasteiger partial charge on any atom is -0.455 e. The summed E-state index contributed by atoms with van der Waals surface area (Å²) in [5, 5.41) is 13.9. The number of nitrogens with zero attached hydrogens (tertiary/aromatic N) is 5. The van der Waals surface area contributed by atoms with E-state index in [9.17, 15) is 13.6 Å². The van der Waals surface area contributed by atoms with Crippen LogP contribution in [0.3, 0.4) is 0 Å². The van der Waals surface area contributed by atoms with Gasteiger partial charge in [-0.3, -0.25) is 4.79 Å². The first kappa shape index (κ1) is 16.2. The molecule has 11 heteroatoms. The van der Waals surface area contributed by atoms with E-state index in [2.05, 4.69) is 26.1 Å². The van der Waals surface area contributed by atoms with Gasteiger partial charge in [0.1, 0.15) is 29.7 Å². The van der Waals surface area contributed by atoms with Gasteiger partial charge in [-0.25, -0.2) is 18.9 Å². The van der Waals surface area contributed by atoms with E-state index < -0.39 is 17.5 Å². The highest BCUT2D eigenvalue weighted by Gasteiger charge is 2.10. The number of anilines is 1. The molecular formula is C14H11F2N7O2. The van der Waals surface area contributed by atoms with E-state index in [0.29, 0.717) is 0 Å². The Morgan fingerprint density at radius 2 is 2.20 bits per heavy atom. The molecule has 0 saturated carbocycles. The quantitative estimate of drug-likeness (QED) is 0.523. The zero-order chi connectivity index (χ0) is 17.8. The van der Waals surface area contributed by atoms with Crippen molar-refractivity contribution in [2.75, 3.05) is 5.73 Å². The third kappa shape index (κ3) is 3.83. The van der Waals surface area contributed by atoms with Gasteiger partial charge in [0.05, 0.1) is 11.8 Å². The van der Waals surface area contributed by atoms with Crippen molar-refractivity contribution in [3.8, 4) is 11.3 Å². The van der Waals surface area contributed by atoms with Gasteiger partial charge in [0.25, 0.3) is 5.91 Å². The summed E-state index contributed by atoms with van der Waals surface area (Å²) in [6.45, 7) is -0.208. The van der Waals surface area contributed by atoms with Crippen molar-refractivity contribution in [2.24, 2.45) is 5.10 Å². The summed E-state index contributed by atoms with van der Waals surface area (Å²) in [4.78, 5) is 11.6. The number of furan rings is 1. The molecule has 2 heterocycles. The van der Waals surface area contributed by atoms with Crippen LogP contribution in [0.25, 0.3) is 11.3 Å². The van der Waals surface area contributed by atoms with E-state index >= 15 is 0 Å². The lowest BCUT2D eigenvalue weighted by atomic mass is 10.1. The third-order valence-corrected chi connectivity index (χ3v) is 3.06. The summed E-state index contributed by atoms with van der Waals surface area (Å²) >= 11 is 0. The van der Waals surface area contributed by atoms with Crippen LogP contribution in [0.15, 0.2) is 39.9 Å². The fourth-order valence-electron chi connectivity index (χ4n) is 1.92. The molecule has 0 aliphatic carbocycles. The number of rotatable bonds is 5.